The Morgan fingerprint density at radius 1 is 1.28 bits per heavy atom. The van der Waals surface area contributed by atoms with Gasteiger partial charge in [-0.2, -0.15) is 0 Å². The van der Waals surface area contributed by atoms with Crippen molar-refractivity contribution in [3.05, 3.63) is 12.7 Å². The van der Waals surface area contributed by atoms with Crippen molar-refractivity contribution in [3.8, 4) is 0 Å². The first-order valence-corrected chi connectivity index (χ1v) is 13.1. The summed E-state index contributed by atoms with van der Waals surface area (Å²) >= 11 is 0. The molecule has 2 aliphatic rings. The molecule has 1 saturated carbocycles. The molecule has 0 aromatic rings. The maximum atomic E-state index is 10.6. The van der Waals surface area contributed by atoms with Gasteiger partial charge in [0.25, 0.3) is 0 Å². The van der Waals surface area contributed by atoms with Crippen molar-refractivity contribution in [1.29, 1.82) is 0 Å². The minimum atomic E-state index is -1.68. The van der Waals surface area contributed by atoms with Crippen molar-refractivity contribution in [2.24, 2.45) is 17.8 Å². The molecule has 2 rings (SSSR count). The molecule has 0 spiro atoms. The number of aliphatic hydroxyl groups excluding tert-OH is 1. The van der Waals surface area contributed by atoms with Gasteiger partial charge in [0.1, 0.15) is 0 Å². The Labute approximate surface area is 155 Å². The fourth-order valence-corrected chi connectivity index (χ4v) is 7.17. The molecule has 0 radical (unpaired) electrons. The molecular formula is C20H38O4Si. The van der Waals surface area contributed by atoms with Gasteiger partial charge in [-0.3, -0.25) is 0 Å². The minimum absolute atomic E-state index is 0.0203. The molecule has 1 aliphatic heterocycles. The van der Waals surface area contributed by atoms with E-state index in [-0.39, 0.29) is 30.3 Å². The Morgan fingerprint density at radius 2 is 2.04 bits per heavy atom. The van der Waals surface area contributed by atoms with Gasteiger partial charge in [-0.15, -0.1) is 6.58 Å². The third kappa shape index (κ3) is 6.47. The standard InChI is InChI=1S/C20H38O4Si/c1-6-9-16-17(13-23-25(4,5)14-15(2)3)19(12-18(16)21)24-20-10-7-8-11-22-20/h6,15-21H,1,7-14H2,2-5H3/t16-,17-,18+,19-,20?/m1/s1. The Balaban J connectivity index is 1.99. The molecule has 1 unspecified atom stereocenters. The van der Waals surface area contributed by atoms with Crippen LogP contribution >= 0.6 is 0 Å². The van der Waals surface area contributed by atoms with Crippen LogP contribution in [0.3, 0.4) is 0 Å². The molecule has 0 amide bonds. The second-order valence-electron chi connectivity index (χ2n) is 8.79. The van der Waals surface area contributed by atoms with Crippen molar-refractivity contribution in [3.63, 3.8) is 0 Å². The van der Waals surface area contributed by atoms with Crippen LogP contribution in [0.1, 0.15) is 46.0 Å². The summed E-state index contributed by atoms with van der Waals surface area (Å²) in [6.07, 6.45) is 6.21. The van der Waals surface area contributed by atoms with Crippen LogP contribution in [0.4, 0.5) is 0 Å². The molecule has 4 nitrogen and oxygen atoms in total. The topological polar surface area (TPSA) is 47.9 Å². The number of rotatable bonds is 9. The predicted molar refractivity (Wildman–Crippen MR) is 104 cm³/mol. The lowest BCUT2D eigenvalue weighted by atomic mass is 9.91. The number of ether oxygens (including phenoxy) is 2. The van der Waals surface area contributed by atoms with Gasteiger partial charge in [-0.25, -0.2) is 0 Å². The number of aliphatic hydroxyl groups is 1. The van der Waals surface area contributed by atoms with E-state index in [9.17, 15) is 5.11 Å². The molecule has 1 aliphatic carbocycles. The zero-order chi connectivity index (χ0) is 18.4. The summed E-state index contributed by atoms with van der Waals surface area (Å²) in [5, 5.41) is 10.6. The molecule has 5 heteroatoms. The van der Waals surface area contributed by atoms with Gasteiger partial charge in [0.2, 0.25) is 0 Å². The highest BCUT2D eigenvalue weighted by atomic mass is 28.4. The Morgan fingerprint density at radius 3 is 2.64 bits per heavy atom. The molecule has 0 aromatic heterocycles. The van der Waals surface area contributed by atoms with E-state index in [1.807, 2.05) is 6.08 Å². The van der Waals surface area contributed by atoms with E-state index in [1.54, 1.807) is 0 Å². The first kappa shape index (κ1) is 21.1. The van der Waals surface area contributed by atoms with Crippen molar-refractivity contribution in [1.82, 2.24) is 0 Å². The number of hydrogen-bond donors (Lipinski definition) is 1. The summed E-state index contributed by atoms with van der Waals surface area (Å²) in [6.45, 7) is 14.4. The summed E-state index contributed by atoms with van der Waals surface area (Å²) in [5.41, 5.74) is 0. The van der Waals surface area contributed by atoms with Gasteiger partial charge in [0.15, 0.2) is 14.6 Å². The van der Waals surface area contributed by atoms with Crippen LogP contribution in [0.15, 0.2) is 12.7 Å². The van der Waals surface area contributed by atoms with Crippen molar-refractivity contribution < 1.29 is 19.0 Å². The molecule has 5 atom stereocenters. The van der Waals surface area contributed by atoms with E-state index >= 15 is 0 Å². The van der Waals surface area contributed by atoms with Crippen LogP contribution in [-0.2, 0) is 13.9 Å². The molecule has 2 fully saturated rings. The van der Waals surface area contributed by atoms with Crippen LogP contribution < -0.4 is 0 Å². The van der Waals surface area contributed by atoms with E-state index in [0.29, 0.717) is 18.9 Å². The zero-order valence-corrected chi connectivity index (χ0v) is 17.6. The Hall–Kier alpha value is -0.203. The smallest absolute Gasteiger partial charge is 0.186 e. The molecule has 25 heavy (non-hydrogen) atoms. The van der Waals surface area contributed by atoms with E-state index in [1.165, 1.54) is 0 Å². The average Bonchev–Trinajstić information content (AvgIpc) is 2.81. The van der Waals surface area contributed by atoms with E-state index in [2.05, 4.69) is 33.5 Å². The third-order valence-corrected chi connectivity index (χ3v) is 8.21. The van der Waals surface area contributed by atoms with E-state index in [0.717, 1.165) is 38.3 Å². The molecule has 1 N–H and O–H groups in total. The fourth-order valence-electron chi connectivity index (χ4n) is 4.44. The second-order valence-corrected chi connectivity index (χ2v) is 13.0. The lowest BCUT2D eigenvalue weighted by Gasteiger charge is -2.33. The molecule has 0 aromatic carbocycles. The van der Waals surface area contributed by atoms with Crippen LogP contribution in [0, 0.1) is 17.8 Å². The Bertz CT molecular complexity index is 407. The van der Waals surface area contributed by atoms with Gasteiger partial charge < -0.3 is 19.0 Å². The molecule has 0 bridgehead atoms. The predicted octanol–water partition coefficient (Wildman–Crippen LogP) is 4.35. The SMILES string of the molecule is C=CC[C@@H]1[C@@H](CO[Si](C)(C)CC(C)C)[C@H](OC2CCCCO2)C[C@@H]1O. The normalized spacial score (nSPS) is 33.8. The monoisotopic (exact) mass is 370 g/mol. The maximum Gasteiger partial charge on any atom is 0.186 e. The van der Waals surface area contributed by atoms with Crippen LogP contribution in [0.5, 0.6) is 0 Å². The van der Waals surface area contributed by atoms with Gasteiger partial charge in [-0.1, -0.05) is 19.9 Å². The highest BCUT2D eigenvalue weighted by Gasteiger charge is 2.44. The molecular weight excluding hydrogens is 332 g/mol. The Kier molecular flexibility index (Phi) is 8.15. The number of allylic oxidation sites excluding steroid dienone is 1. The highest BCUT2D eigenvalue weighted by molar-refractivity contribution is 6.71. The minimum Gasteiger partial charge on any atom is -0.417 e. The third-order valence-electron chi connectivity index (χ3n) is 5.47. The lowest BCUT2D eigenvalue weighted by Crippen LogP contribution is -2.39. The number of hydrogen-bond acceptors (Lipinski definition) is 4. The van der Waals surface area contributed by atoms with Crippen LogP contribution in [-0.4, -0.2) is 45.1 Å². The highest BCUT2D eigenvalue weighted by Crippen LogP contribution is 2.39. The summed E-state index contributed by atoms with van der Waals surface area (Å²) in [5.74, 6) is 1.05. The van der Waals surface area contributed by atoms with Gasteiger partial charge in [0.05, 0.1) is 12.2 Å². The van der Waals surface area contributed by atoms with E-state index < -0.39 is 8.32 Å². The summed E-state index contributed by atoms with van der Waals surface area (Å²) in [7, 11) is -1.68. The summed E-state index contributed by atoms with van der Waals surface area (Å²) < 4.78 is 18.5. The van der Waals surface area contributed by atoms with Gasteiger partial charge >= 0.3 is 0 Å². The maximum absolute atomic E-state index is 10.6. The lowest BCUT2D eigenvalue weighted by molar-refractivity contribution is -0.197. The van der Waals surface area contributed by atoms with Crippen molar-refractivity contribution in [2.45, 2.75) is 83.6 Å². The van der Waals surface area contributed by atoms with Gasteiger partial charge in [0, 0.05) is 25.6 Å². The zero-order valence-electron chi connectivity index (χ0n) is 16.6. The molecule has 146 valence electrons. The van der Waals surface area contributed by atoms with E-state index in [4.69, 9.17) is 13.9 Å². The van der Waals surface area contributed by atoms with Crippen molar-refractivity contribution >= 4 is 8.32 Å². The van der Waals surface area contributed by atoms with Crippen LogP contribution in [0.25, 0.3) is 0 Å². The molecule has 1 heterocycles. The quantitative estimate of drug-likeness (QED) is 0.484. The first-order chi connectivity index (χ1) is 11.8. The van der Waals surface area contributed by atoms with Gasteiger partial charge in [-0.05, 0) is 56.7 Å². The molecule has 1 saturated heterocycles. The summed E-state index contributed by atoms with van der Waals surface area (Å²) in [6, 6.07) is 1.16. The largest absolute Gasteiger partial charge is 0.417 e. The van der Waals surface area contributed by atoms with Crippen LogP contribution in [0.2, 0.25) is 19.1 Å². The second kappa shape index (κ2) is 9.65. The van der Waals surface area contributed by atoms with Crippen molar-refractivity contribution in [2.75, 3.05) is 13.2 Å². The first-order valence-electron chi connectivity index (χ1n) is 10.0. The fraction of sp³-hybridized carbons (Fsp3) is 0.900. The summed E-state index contributed by atoms with van der Waals surface area (Å²) in [4.78, 5) is 0. The average molecular weight is 371 g/mol.